The highest BCUT2D eigenvalue weighted by Gasteiger charge is 2.49. The Balaban J connectivity index is 0.000000183. The minimum atomic E-state index is -1.12. The largest absolute Gasteiger partial charge is 0.513 e. The van der Waals surface area contributed by atoms with Crippen LogP contribution >= 0.6 is 92.6 Å². The average molecular weight is 1150 g/mol. The molecular weight excluding hydrogens is 1100 g/mol. The van der Waals surface area contributed by atoms with Crippen LogP contribution in [0.5, 0.6) is 11.8 Å². The molecule has 4 aromatic heterocycles. The third-order valence-electron chi connectivity index (χ3n) is 13.4. The maximum absolute atomic E-state index is 13.8. The molecule has 2 saturated carbocycles. The molecule has 0 radical (unpaired) electrons. The number of hydrogen-bond acceptors (Lipinski definition) is 14. The topological polar surface area (TPSA) is 155 Å². The highest BCUT2D eigenvalue weighted by atomic mass is 35.5. The Labute approximate surface area is 465 Å². The van der Waals surface area contributed by atoms with E-state index in [1.165, 1.54) is 68.3 Å². The zero-order chi connectivity index (χ0) is 51.8. The second-order valence-electron chi connectivity index (χ2n) is 18.3. The van der Waals surface area contributed by atoms with E-state index in [9.17, 15) is 19.2 Å². The second kappa shape index (κ2) is 24.5. The molecule has 2 N–H and O–H groups in total. The highest BCUT2D eigenvalue weighted by molar-refractivity contribution is 8.04. The Hall–Kier alpha value is -4.78. The third-order valence-corrected chi connectivity index (χ3v) is 19.1. The molecule has 6 heterocycles. The predicted molar refractivity (Wildman–Crippen MR) is 293 cm³/mol. The number of carbonyl (C=O) groups excluding carboxylic acids is 4. The number of aromatic nitrogens is 2. The van der Waals surface area contributed by atoms with Crippen molar-refractivity contribution in [1.82, 2.24) is 20.6 Å². The van der Waals surface area contributed by atoms with Gasteiger partial charge in [-0.2, -0.15) is 22.7 Å². The first-order valence-electron chi connectivity index (χ1n) is 24.0. The second-order valence-corrected chi connectivity index (χ2v) is 23.6. The lowest BCUT2D eigenvalue weighted by Crippen LogP contribution is -2.58. The van der Waals surface area contributed by atoms with Crippen molar-refractivity contribution >= 4 is 116 Å². The number of thioether (sulfide) groups is 2. The summed E-state index contributed by atoms with van der Waals surface area (Å²) in [4.78, 5) is 63.8. The number of ketones is 1. The summed E-state index contributed by atoms with van der Waals surface area (Å²) in [6.07, 6.45) is 8.86. The maximum Gasteiger partial charge on any atom is 0.513 e. The Morgan fingerprint density at radius 2 is 1.19 bits per heavy atom. The summed E-state index contributed by atoms with van der Waals surface area (Å²) in [5, 5.41) is 14.5. The van der Waals surface area contributed by atoms with Gasteiger partial charge >= 0.3 is 6.16 Å². The molecule has 2 amide bonds. The van der Waals surface area contributed by atoms with Crippen LogP contribution < -0.4 is 20.1 Å². The lowest BCUT2D eigenvalue weighted by molar-refractivity contribution is -0.133. The van der Waals surface area contributed by atoms with Crippen LogP contribution in [0.3, 0.4) is 0 Å². The summed E-state index contributed by atoms with van der Waals surface area (Å²) in [5.74, 6) is 1.17. The number of ether oxygens (including phenoxy) is 4. The first kappa shape index (κ1) is 54.0. The van der Waals surface area contributed by atoms with E-state index in [4.69, 9.17) is 75.3 Å². The Morgan fingerprint density at radius 3 is 1.70 bits per heavy atom. The fourth-order valence-corrected chi connectivity index (χ4v) is 13.9. The summed E-state index contributed by atoms with van der Waals surface area (Å²) in [6.45, 7) is 1.23. The van der Waals surface area contributed by atoms with Crippen LogP contribution in [0.2, 0.25) is 20.1 Å². The number of nitrogens with zero attached hydrogens (tertiary/aromatic N) is 2. The Bertz CT molecular complexity index is 3010. The van der Waals surface area contributed by atoms with Crippen molar-refractivity contribution in [2.24, 2.45) is 11.8 Å². The molecule has 3 unspecified atom stereocenters. The molecule has 2 aromatic carbocycles. The highest BCUT2D eigenvalue weighted by Crippen LogP contribution is 2.47. The van der Waals surface area contributed by atoms with E-state index in [1.807, 2.05) is 70.1 Å². The van der Waals surface area contributed by atoms with E-state index in [1.54, 1.807) is 36.4 Å². The van der Waals surface area contributed by atoms with Gasteiger partial charge in [-0.05, 0) is 119 Å². The Kier molecular flexibility index (Phi) is 17.9. The van der Waals surface area contributed by atoms with E-state index in [2.05, 4.69) is 10.6 Å². The number of methoxy groups -OCH3 is 1. The van der Waals surface area contributed by atoms with Crippen molar-refractivity contribution in [3.05, 3.63) is 160 Å². The molecule has 74 heavy (non-hydrogen) atoms. The number of nitrogens with one attached hydrogen (secondary N) is 2. The summed E-state index contributed by atoms with van der Waals surface area (Å²) < 4.78 is 22.5. The van der Waals surface area contributed by atoms with Crippen molar-refractivity contribution in [3.8, 4) is 11.8 Å². The lowest BCUT2D eigenvalue weighted by atomic mass is 9.79. The first-order chi connectivity index (χ1) is 35.9. The normalized spacial score (nSPS) is 21.1. The van der Waals surface area contributed by atoms with Crippen LogP contribution in [0.1, 0.15) is 86.7 Å². The van der Waals surface area contributed by atoms with E-state index in [-0.39, 0.29) is 35.2 Å². The first-order valence-corrected chi connectivity index (χ1v) is 29.1. The maximum atomic E-state index is 13.8. The molecule has 0 spiro atoms. The third kappa shape index (κ3) is 12.2. The van der Waals surface area contributed by atoms with Crippen LogP contribution in [-0.4, -0.2) is 59.3 Å². The zero-order valence-electron chi connectivity index (χ0n) is 39.9. The fraction of sp³-hybridized carbons (Fsp3) is 0.333. The minimum Gasteiger partial charge on any atom is -0.477 e. The van der Waals surface area contributed by atoms with Crippen LogP contribution in [0.4, 0.5) is 4.79 Å². The number of rotatable bonds is 15. The van der Waals surface area contributed by atoms with Gasteiger partial charge in [0, 0.05) is 34.8 Å². The molecule has 20 heteroatoms. The predicted octanol–water partition coefficient (Wildman–Crippen LogP) is 14.1. The van der Waals surface area contributed by atoms with Crippen LogP contribution in [-0.2, 0) is 34.9 Å². The molecule has 4 aliphatic rings. The van der Waals surface area contributed by atoms with Crippen LogP contribution in [0.15, 0.2) is 127 Å². The van der Waals surface area contributed by atoms with Gasteiger partial charge in [-0.3, -0.25) is 14.4 Å². The molecule has 10 rings (SSSR count). The van der Waals surface area contributed by atoms with Gasteiger partial charge < -0.3 is 29.6 Å². The smallest absolute Gasteiger partial charge is 0.477 e. The lowest BCUT2D eigenvalue weighted by Gasteiger charge is -2.39. The summed E-state index contributed by atoms with van der Waals surface area (Å²) in [6, 6.07) is 25.2. The standard InChI is InChI=1S/C28H26Cl2N2O5S2.C26H24Cl2N2O3S2/c1-35-27(34)37-20-14-28(18-12-13-38-16-18,22-10-5-11-23(31-22)36-15-17-6-2-3-7-17)32-26(33)25(20)39-21-9-4-8-19(29)24(21)30;27-18-7-3-8-20(23(18)28)35-24-19(31)13-26(30-25(24)32,17-11-12-34-15-17)21-9-4-10-22(29-21)33-14-16-5-1-2-6-16/h4-5,8-13,16-17H,2-3,6-7,14-15H2,1H3,(H,32,33);3-4,7-12,15-16,24H,1-2,5-6,13-14H2,(H,30,32). The van der Waals surface area contributed by atoms with Gasteiger partial charge in [-0.15, -0.1) is 11.8 Å². The molecule has 3 atom stereocenters. The molecular formula is C54H50Cl4N4O8S4. The number of halogens is 4. The van der Waals surface area contributed by atoms with Gasteiger partial charge in [0.2, 0.25) is 17.7 Å². The van der Waals surface area contributed by atoms with E-state index < -0.39 is 28.4 Å². The van der Waals surface area contributed by atoms with Gasteiger partial charge in [0.15, 0.2) is 5.78 Å². The van der Waals surface area contributed by atoms with Gasteiger partial charge in [-0.1, -0.05) is 108 Å². The monoisotopic (exact) mass is 1150 g/mol. The van der Waals surface area contributed by atoms with Crippen molar-refractivity contribution in [2.75, 3.05) is 20.3 Å². The van der Waals surface area contributed by atoms with Gasteiger partial charge in [0.25, 0.3) is 5.91 Å². The van der Waals surface area contributed by atoms with Crippen molar-refractivity contribution in [1.29, 1.82) is 0 Å². The molecule has 12 nitrogen and oxygen atoms in total. The van der Waals surface area contributed by atoms with Crippen LogP contribution in [0.25, 0.3) is 0 Å². The number of hydrogen-bond donors (Lipinski definition) is 2. The summed E-state index contributed by atoms with van der Waals surface area (Å²) >= 11 is 30.2. The van der Waals surface area contributed by atoms with E-state index in [0.717, 1.165) is 47.5 Å². The van der Waals surface area contributed by atoms with Crippen LogP contribution in [0, 0.1) is 11.8 Å². The molecule has 386 valence electrons. The molecule has 2 aliphatic carbocycles. The molecule has 0 bridgehead atoms. The van der Waals surface area contributed by atoms with Crippen molar-refractivity contribution in [2.45, 2.75) is 90.3 Å². The van der Waals surface area contributed by atoms with Gasteiger partial charge in [0.1, 0.15) is 27.0 Å². The number of carbonyl (C=O) groups is 4. The van der Waals surface area contributed by atoms with E-state index >= 15 is 0 Å². The summed E-state index contributed by atoms with van der Waals surface area (Å²) in [5.41, 5.74) is 0.608. The molecule has 6 aromatic rings. The number of amides is 2. The fourth-order valence-electron chi connectivity index (χ4n) is 9.58. The quantitative estimate of drug-likeness (QED) is 0.0743. The number of pyridine rings is 2. The summed E-state index contributed by atoms with van der Waals surface area (Å²) in [7, 11) is 1.21. The number of benzene rings is 2. The number of piperidine rings is 1. The number of Topliss-reactive ketones (excluding diaryl/α,β-unsaturated/α-hetero) is 1. The van der Waals surface area contributed by atoms with Crippen molar-refractivity contribution in [3.63, 3.8) is 0 Å². The average Bonchev–Trinajstić information content (AvgIpc) is 4.28. The van der Waals surface area contributed by atoms with Gasteiger partial charge in [0.05, 0.1) is 51.8 Å². The molecule has 2 aliphatic heterocycles. The van der Waals surface area contributed by atoms with Gasteiger partial charge in [-0.25, -0.2) is 14.8 Å². The Morgan fingerprint density at radius 1 is 0.676 bits per heavy atom. The molecule has 1 saturated heterocycles. The number of thiophene rings is 2. The minimum absolute atomic E-state index is 0.0738. The zero-order valence-corrected chi connectivity index (χ0v) is 46.2. The molecule has 3 fully saturated rings. The van der Waals surface area contributed by atoms with E-state index in [0.29, 0.717) is 78.1 Å². The van der Waals surface area contributed by atoms with Crippen molar-refractivity contribution < 1.29 is 38.1 Å². The SMILES string of the molecule is COC(=O)OC1=C(Sc2cccc(Cl)c2Cl)C(=O)NC(c2ccsc2)(c2cccc(OCC3CCCC3)n2)C1.O=C1CC(c2ccsc2)(c2cccc(OCC3CCCC3)n2)NC(=O)C1Sc1cccc(Cl)c1Cl.